The Morgan fingerprint density at radius 1 is 1.44 bits per heavy atom. The van der Waals surface area contributed by atoms with E-state index in [9.17, 15) is 0 Å². The summed E-state index contributed by atoms with van der Waals surface area (Å²) in [6, 6.07) is 0. The Balaban J connectivity index is 1.91. The van der Waals surface area contributed by atoms with E-state index in [-0.39, 0.29) is 0 Å². The van der Waals surface area contributed by atoms with Gasteiger partial charge < -0.3 is 9.84 Å². The summed E-state index contributed by atoms with van der Waals surface area (Å²) in [5.41, 5.74) is 0. The Bertz CT molecular complexity index is 94.7. The van der Waals surface area contributed by atoms with Crippen LogP contribution in [0.3, 0.4) is 0 Å². The summed E-state index contributed by atoms with van der Waals surface area (Å²) in [5, 5.41) is 8.78. The van der Waals surface area contributed by atoms with Crippen molar-refractivity contribution < 1.29 is 9.84 Å². The molecule has 52 valence electrons. The molecule has 0 amide bonds. The van der Waals surface area contributed by atoms with E-state index in [0.29, 0.717) is 18.4 Å². The average molecular weight is 128 g/mol. The fourth-order valence-corrected chi connectivity index (χ4v) is 1.91. The summed E-state index contributed by atoms with van der Waals surface area (Å²) >= 11 is 0. The molecule has 1 saturated heterocycles. The van der Waals surface area contributed by atoms with Gasteiger partial charge in [-0.3, -0.25) is 0 Å². The van der Waals surface area contributed by atoms with Gasteiger partial charge in [0.1, 0.15) is 0 Å². The average Bonchev–Trinajstić information content (AvgIpc) is 2.60. The van der Waals surface area contributed by atoms with Crippen LogP contribution in [-0.4, -0.2) is 24.9 Å². The molecule has 0 aromatic heterocycles. The maximum absolute atomic E-state index is 8.78. The molecule has 9 heavy (non-hydrogen) atoms. The van der Waals surface area contributed by atoms with Crippen LogP contribution in [0.4, 0.5) is 0 Å². The number of aliphatic hydroxyl groups is 1. The molecule has 0 aromatic carbocycles. The summed E-state index contributed by atoms with van der Waals surface area (Å²) in [6.45, 7) is 2.19. The number of hydrogen-bond acceptors (Lipinski definition) is 2. The molecule has 2 aliphatic rings. The third kappa shape index (κ3) is 0.775. The molecular formula is C7H12O2. The lowest BCUT2D eigenvalue weighted by Crippen LogP contribution is -2.07. The van der Waals surface area contributed by atoms with E-state index in [1.54, 1.807) is 0 Å². The fourth-order valence-electron chi connectivity index (χ4n) is 1.91. The largest absolute Gasteiger partial charge is 0.396 e. The van der Waals surface area contributed by atoms with Gasteiger partial charge in [-0.05, 0) is 24.2 Å². The normalized spacial score (nSPS) is 48.3. The van der Waals surface area contributed by atoms with E-state index in [4.69, 9.17) is 9.84 Å². The zero-order valence-corrected chi connectivity index (χ0v) is 5.42. The molecular weight excluding hydrogens is 116 g/mol. The third-order valence-electron chi connectivity index (χ3n) is 2.63. The molecule has 1 aliphatic heterocycles. The van der Waals surface area contributed by atoms with Crippen LogP contribution in [0.15, 0.2) is 0 Å². The minimum atomic E-state index is 0.374. The second-order valence-electron chi connectivity index (χ2n) is 3.04. The summed E-state index contributed by atoms with van der Waals surface area (Å²) in [6.07, 6.45) is 1.18. The first-order valence-corrected chi connectivity index (χ1v) is 3.62. The first kappa shape index (κ1) is 5.69. The molecule has 2 heteroatoms. The molecule has 2 fully saturated rings. The molecule has 1 aliphatic carbocycles. The zero-order valence-electron chi connectivity index (χ0n) is 5.42. The molecule has 0 aromatic rings. The fraction of sp³-hybridized carbons (Fsp3) is 1.00. The number of aliphatic hydroxyl groups excluding tert-OH is 1. The molecule has 0 radical (unpaired) electrons. The van der Waals surface area contributed by atoms with E-state index in [0.717, 1.165) is 19.1 Å². The first-order chi connectivity index (χ1) is 4.43. The predicted octanol–water partition coefficient (Wildman–Crippen LogP) is 0.261. The van der Waals surface area contributed by atoms with Gasteiger partial charge in [-0.1, -0.05) is 0 Å². The minimum Gasteiger partial charge on any atom is -0.396 e. The summed E-state index contributed by atoms with van der Waals surface area (Å²) < 4.78 is 5.24. The van der Waals surface area contributed by atoms with Gasteiger partial charge in [-0.2, -0.15) is 0 Å². The highest BCUT2D eigenvalue weighted by molar-refractivity contribution is 4.97. The number of rotatable bonds is 1. The Morgan fingerprint density at radius 2 is 2.33 bits per heavy atom. The molecule has 3 atom stereocenters. The lowest BCUT2D eigenvalue weighted by Gasteiger charge is -2.07. The van der Waals surface area contributed by atoms with Crippen molar-refractivity contribution in [2.24, 2.45) is 17.8 Å². The van der Waals surface area contributed by atoms with Crippen molar-refractivity contribution in [3.05, 3.63) is 0 Å². The lowest BCUT2D eigenvalue weighted by atomic mass is 10.2. The highest BCUT2D eigenvalue weighted by atomic mass is 16.5. The van der Waals surface area contributed by atoms with Crippen LogP contribution in [0, 0.1) is 17.8 Å². The van der Waals surface area contributed by atoms with E-state index in [1.807, 2.05) is 0 Å². The van der Waals surface area contributed by atoms with Crippen molar-refractivity contribution in [3.63, 3.8) is 0 Å². The van der Waals surface area contributed by atoms with Crippen LogP contribution in [0.25, 0.3) is 0 Å². The molecule has 1 saturated carbocycles. The minimum absolute atomic E-state index is 0.374. The van der Waals surface area contributed by atoms with Crippen molar-refractivity contribution in [1.29, 1.82) is 0 Å². The monoisotopic (exact) mass is 128 g/mol. The maximum Gasteiger partial charge on any atom is 0.0500 e. The van der Waals surface area contributed by atoms with Gasteiger partial charge in [0.25, 0.3) is 0 Å². The number of fused-ring (bicyclic) bond motifs is 1. The standard InChI is InChI=1S/C7H12O2/c8-3-6-5-1-2-9-4-7(5)6/h5-8H,1-4H2/t5-,6+,7-/m1/s1. The molecule has 1 heterocycles. The van der Waals surface area contributed by atoms with E-state index < -0.39 is 0 Å². The molecule has 0 unspecified atom stereocenters. The highest BCUT2D eigenvalue weighted by Crippen LogP contribution is 2.50. The van der Waals surface area contributed by atoms with Crippen LogP contribution in [0.2, 0.25) is 0 Å². The topological polar surface area (TPSA) is 29.5 Å². The van der Waals surface area contributed by atoms with Gasteiger partial charge >= 0.3 is 0 Å². The van der Waals surface area contributed by atoms with Gasteiger partial charge in [0.15, 0.2) is 0 Å². The molecule has 2 nitrogen and oxygen atoms in total. The Labute approximate surface area is 54.8 Å². The van der Waals surface area contributed by atoms with Gasteiger partial charge in [0.2, 0.25) is 0 Å². The smallest absolute Gasteiger partial charge is 0.0500 e. The van der Waals surface area contributed by atoms with Gasteiger partial charge in [0, 0.05) is 13.2 Å². The van der Waals surface area contributed by atoms with Crippen LogP contribution in [0.1, 0.15) is 6.42 Å². The Morgan fingerprint density at radius 3 is 2.89 bits per heavy atom. The Kier molecular flexibility index (Phi) is 1.24. The van der Waals surface area contributed by atoms with Gasteiger partial charge in [-0.15, -0.1) is 0 Å². The van der Waals surface area contributed by atoms with Crippen molar-refractivity contribution in [2.75, 3.05) is 19.8 Å². The predicted molar refractivity (Wildman–Crippen MR) is 33.0 cm³/mol. The third-order valence-corrected chi connectivity index (χ3v) is 2.63. The van der Waals surface area contributed by atoms with Crippen LogP contribution in [0.5, 0.6) is 0 Å². The maximum atomic E-state index is 8.78. The summed E-state index contributed by atoms with van der Waals surface area (Å²) in [5.74, 6) is 2.11. The lowest BCUT2D eigenvalue weighted by molar-refractivity contribution is 0.0880. The summed E-state index contributed by atoms with van der Waals surface area (Å²) in [4.78, 5) is 0. The van der Waals surface area contributed by atoms with Crippen molar-refractivity contribution in [3.8, 4) is 0 Å². The van der Waals surface area contributed by atoms with Crippen molar-refractivity contribution in [2.45, 2.75) is 6.42 Å². The second-order valence-corrected chi connectivity index (χ2v) is 3.04. The van der Waals surface area contributed by atoms with Crippen LogP contribution in [-0.2, 0) is 4.74 Å². The van der Waals surface area contributed by atoms with Gasteiger partial charge in [0.05, 0.1) is 6.61 Å². The number of ether oxygens (including phenoxy) is 1. The zero-order chi connectivity index (χ0) is 6.27. The van der Waals surface area contributed by atoms with E-state index in [1.165, 1.54) is 6.42 Å². The second kappa shape index (κ2) is 1.96. The van der Waals surface area contributed by atoms with Gasteiger partial charge in [-0.25, -0.2) is 0 Å². The van der Waals surface area contributed by atoms with Crippen molar-refractivity contribution in [1.82, 2.24) is 0 Å². The van der Waals surface area contributed by atoms with Crippen molar-refractivity contribution >= 4 is 0 Å². The number of hydrogen-bond donors (Lipinski definition) is 1. The van der Waals surface area contributed by atoms with E-state index in [2.05, 4.69) is 0 Å². The quantitative estimate of drug-likeness (QED) is 0.549. The Hall–Kier alpha value is -0.0800. The molecule has 0 spiro atoms. The first-order valence-electron chi connectivity index (χ1n) is 3.62. The molecule has 2 rings (SSSR count). The van der Waals surface area contributed by atoms with E-state index >= 15 is 0 Å². The highest BCUT2D eigenvalue weighted by Gasteiger charge is 2.50. The van der Waals surface area contributed by atoms with Crippen LogP contribution < -0.4 is 0 Å². The summed E-state index contributed by atoms with van der Waals surface area (Å²) in [7, 11) is 0. The SMILES string of the molecule is OC[C@H]1[C@H]2CCOC[C@@H]12. The molecule has 0 bridgehead atoms. The molecule has 1 N–H and O–H groups in total. The van der Waals surface area contributed by atoms with Crippen LogP contribution >= 0.6 is 0 Å².